The highest BCUT2D eigenvalue weighted by Crippen LogP contribution is 2.25. The molecule has 26 heavy (non-hydrogen) atoms. The Labute approximate surface area is 154 Å². The van der Waals surface area contributed by atoms with Crippen molar-refractivity contribution < 1.29 is 14.3 Å². The van der Waals surface area contributed by atoms with E-state index < -0.39 is 0 Å². The summed E-state index contributed by atoms with van der Waals surface area (Å²) in [5, 5.41) is 3.02. The van der Waals surface area contributed by atoms with Crippen molar-refractivity contribution in [2.24, 2.45) is 0 Å². The number of benzene rings is 1. The van der Waals surface area contributed by atoms with Crippen LogP contribution in [0.5, 0.6) is 5.75 Å². The second-order valence-corrected chi connectivity index (χ2v) is 7.03. The van der Waals surface area contributed by atoms with E-state index in [4.69, 9.17) is 4.74 Å². The Kier molecular flexibility index (Phi) is 6.11. The smallest absolute Gasteiger partial charge is 0.238 e. The molecule has 7 heteroatoms. The van der Waals surface area contributed by atoms with Crippen molar-refractivity contribution >= 4 is 17.5 Å². The van der Waals surface area contributed by atoms with E-state index in [9.17, 15) is 9.59 Å². The highest BCUT2D eigenvalue weighted by atomic mass is 16.5. The Balaban J connectivity index is 1.53. The lowest BCUT2D eigenvalue weighted by atomic mass is 10.0. The third-order valence-electron chi connectivity index (χ3n) is 5.04. The van der Waals surface area contributed by atoms with Gasteiger partial charge in [-0.1, -0.05) is 25.8 Å². The number of carbonyl (C=O) groups is 2. The van der Waals surface area contributed by atoms with Gasteiger partial charge >= 0.3 is 0 Å². The number of rotatable bonds is 7. The number of anilines is 1. The van der Waals surface area contributed by atoms with Crippen molar-refractivity contribution in [3.05, 3.63) is 24.3 Å². The standard InChI is InChI=1S/C19H28N4O3/c1-3-4-6-13-9-17(22-21-13)19(25)20-14-10-18(24)23(12-14)15-7-5-8-16(11-15)26-2/h5,7-8,11,13-14,17,21-22H,3-4,6,9-10,12H2,1-2H3,(H,20,25). The zero-order valence-electron chi connectivity index (χ0n) is 15.5. The Morgan fingerprint density at radius 2 is 2.23 bits per heavy atom. The van der Waals surface area contributed by atoms with Crippen LogP contribution in [0, 0.1) is 0 Å². The van der Waals surface area contributed by atoms with Crippen LogP contribution in [0.4, 0.5) is 5.69 Å². The summed E-state index contributed by atoms with van der Waals surface area (Å²) < 4.78 is 5.22. The molecule has 2 amide bonds. The second kappa shape index (κ2) is 8.51. The van der Waals surface area contributed by atoms with E-state index in [0.717, 1.165) is 31.4 Å². The normalized spacial score (nSPS) is 25.5. The molecule has 0 aromatic heterocycles. The summed E-state index contributed by atoms with van der Waals surface area (Å²) in [7, 11) is 1.60. The molecule has 0 bridgehead atoms. The van der Waals surface area contributed by atoms with Gasteiger partial charge in [-0.05, 0) is 25.0 Å². The molecule has 142 valence electrons. The predicted molar refractivity (Wildman–Crippen MR) is 99.9 cm³/mol. The predicted octanol–water partition coefficient (Wildman–Crippen LogP) is 1.34. The van der Waals surface area contributed by atoms with Crippen LogP contribution in [0.25, 0.3) is 0 Å². The number of nitrogens with zero attached hydrogens (tertiary/aromatic N) is 1. The number of amides is 2. The minimum absolute atomic E-state index is 0.0156. The van der Waals surface area contributed by atoms with Gasteiger partial charge < -0.3 is 15.0 Å². The maximum Gasteiger partial charge on any atom is 0.238 e. The van der Waals surface area contributed by atoms with Gasteiger partial charge in [-0.2, -0.15) is 0 Å². The SMILES string of the molecule is CCCCC1CC(C(=O)NC2CC(=O)N(c3cccc(OC)c3)C2)NN1. The van der Waals surface area contributed by atoms with Crippen molar-refractivity contribution in [1.82, 2.24) is 16.2 Å². The Hall–Kier alpha value is -2.12. The van der Waals surface area contributed by atoms with E-state index in [0.29, 0.717) is 24.8 Å². The van der Waals surface area contributed by atoms with Crippen LogP contribution in [0.15, 0.2) is 24.3 Å². The van der Waals surface area contributed by atoms with Crippen molar-refractivity contribution in [2.45, 2.75) is 57.2 Å². The molecule has 0 spiro atoms. The van der Waals surface area contributed by atoms with Crippen LogP contribution in [0.2, 0.25) is 0 Å². The van der Waals surface area contributed by atoms with Gasteiger partial charge in [-0.15, -0.1) is 0 Å². The molecule has 3 unspecified atom stereocenters. The lowest BCUT2D eigenvalue weighted by Crippen LogP contribution is -2.47. The van der Waals surface area contributed by atoms with Crippen LogP contribution in [-0.4, -0.2) is 43.6 Å². The van der Waals surface area contributed by atoms with Gasteiger partial charge in [0.05, 0.1) is 13.2 Å². The topological polar surface area (TPSA) is 82.7 Å². The minimum atomic E-state index is -0.238. The molecule has 0 aliphatic carbocycles. The zero-order valence-corrected chi connectivity index (χ0v) is 15.5. The third-order valence-corrected chi connectivity index (χ3v) is 5.04. The summed E-state index contributed by atoms with van der Waals surface area (Å²) in [6.45, 7) is 2.65. The maximum atomic E-state index is 12.5. The number of hydrogen-bond acceptors (Lipinski definition) is 5. The largest absolute Gasteiger partial charge is 0.497 e. The van der Waals surface area contributed by atoms with Gasteiger partial charge in [0, 0.05) is 30.8 Å². The van der Waals surface area contributed by atoms with Crippen LogP contribution >= 0.6 is 0 Å². The van der Waals surface area contributed by atoms with E-state index in [-0.39, 0.29) is 23.9 Å². The third kappa shape index (κ3) is 4.34. The summed E-state index contributed by atoms with van der Waals surface area (Å²) in [4.78, 5) is 26.6. The van der Waals surface area contributed by atoms with Gasteiger partial charge in [0.25, 0.3) is 0 Å². The van der Waals surface area contributed by atoms with Gasteiger partial charge in [0.15, 0.2) is 0 Å². The molecule has 3 rings (SSSR count). The average Bonchev–Trinajstić information content (AvgIpc) is 3.26. The molecule has 1 aromatic carbocycles. The van der Waals surface area contributed by atoms with E-state index >= 15 is 0 Å². The summed E-state index contributed by atoms with van der Waals surface area (Å²) in [5.41, 5.74) is 7.08. The monoisotopic (exact) mass is 360 g/mol. The molecule has 1 aromatic rings. The summed E-state index contributed by atoms with van der Waals surface area (Å²) in [5.74, 6) is 0.686. The number of nitrogens with one attached hydrogen (secondary N) is 3. The minimum Gasteiger partial charge on any atom is -0.497 e. The van der Waals surface area contributed by atoms with Gasteiger partial charge in [0.1, 0.15) is 11.8 Å². The Morgan fingerprint density at radius 1 is 1.38 bits per heavy atom. The van der Waals surface area contributed by atoms with E-state index in [1.165, 1.54) is 0 Å². The number of methoxy groups -OCH3 is 1. The molecule has 2 aliphatic rings. The molecule has 2 heterocycles. The maximum absolute atomic E-state index is 12.5. The first-order valence-corrected chi connectivity index (χ1v) is 9.36. The van der Waals surface area contributed by atoms with Gasteiger partial charge in [0.2, 0.25) is 11.8 Å². The molecule has 2 fully saturated rings. The molecule has 7 nitrogen and oxygen atoms in total. The van der Waals surface area contributed by atoms with Crippen molar-refractivity contribution in [1.29, 1.82) is 0 Å². The first kappa shape index (κ1) is 18.7. The van der Waals surface area contributed by atoms with Crippen LogP contribution < -0.4 is 25.8 Å². The molecule has 2 saturated heterocycles. The van der Waals surface area contributed by atoms with Crippen molar-refractivity contribution in [3.63, 3.8) is 0 Å². The van der Waals surface area contributed by atoms with Crippen molar-refractivity contribution in [3.8, 4) is 5.75 Å². The quantitative estimate of drug-likeness (QED) is 0.684. The molecule has 0 radical (unpaired) electrons. The Morgan fingerprint density at radius 3 is 3.00 bits per heavy atom. The zero-order chi connectivity index (χ0) is 18.5. The van der Waals surface area contributed by atoms with Gasteiger partial charge in [-0.3, -0.25) is 15.0 Å². The number of hydrazine groups is 1. The fourth-order valence-electron chi connectivity index (χ4n) is 3.57. The molecular formula is C19H28N4O3. The number of hydrogen-bond donors (Lipinski definition) is 3. The van der Waals surface area contributed by atoms with Crippen LogP contribution in [0.3, 0.4) is 0 Å². The summed E-state index contributed by atoms with van der Waals surface area (Å²) in [6.07, 6.45) is 4.48. The highest BCUT2D eigenvalue weighted by Gasteiger charge is 2.35. The van der Waals surface area contributed by atoms with Crippen LogP contribution in [-0.2, 0) is 9.59 Å². The molecule has 3 atom stereocenters. The average molecular weight is 360 g/mol. The van der Waals surface area contributed by atoms with E-state index in [2.05, 4.69) is 23.1 Å². The fourth-order valence-corrected chi connectivity index (χ4v) is 3.57. The molecular weight excluding hydrogens is 332 g/mol. The van der Waals surface area contributed by atoms with Gasteiger partial charge in [-0.25, -0.2) is 5.43 Å². The van der Waals surface area contributed by atoms with Crippen LogP contribution in [0.1, 0.15) is 39.0 Å². The van der Waals surface area contributed by atoms with Crippen molar-refractivity contribution in [2.75, 3.05) is 18.6 Å². The molecule has 0 saturated carbocycles. The summed E-state index contributed by atoms with van der Waals surface area (Å²) >= 11 is 0. The Bertz CT molecular complexity index is 651. The lowest BCUT2D eigenvalue weighted by Gasteiger charge is -2.19. The first-order chi connectivity index (χ1) is 12.6. The molecule has 3 N–H and O–H groups in total. The van der Waals surface area contributed by atoms with E-state index in [1.807, 2.05) is 24.3 Å². The first-order valence-electron chi connectivity index (χ1n) is 9.36. The molecule has 2 aliphatic heterocycles. The van der Waals surface area contributed by atoms with E-state index in [1.54, 1.807) is 12.0 Å². The highest BCUT2D eigenvalue weighted by molar-refractivity contribution is 5.97. The number of carbonyl (C=O) groups excluding carboxylic acids is 2. The fraction of sp³-hybridized carbons (Fsp3) is 0.579. The summed E-state index contributed by atoms with van der Waals surface area (Å²) in [6, 6.07) is 7.35. The number of ether oxygens (including phenoxy) is 1. The lowest BCUT2D eigenvalue weighted by molar-refractivity contribution is -0.123. The number of unbranched alkanes of at least 4 members (excludes halogenated alkanes) is 1. The second-order valence-electron chi connectivity index (χ2n) is 7.03.